The molecule has 2 N–H and O–H groups in total. The van der Waals surface area contributed by atoms with E-state index >= 15 is 0 Å². The lowest BCUT2D eigenvalue weighted by molar-refractivity contribution is 0.600. The van der Waals surface area contributed by atoms with E-state index in [0.717, 1.165) is 9.88 Å². The number of thiazole rings is 1. The minimum absolute atomic E-state index is 0. The van der Waals surface area contributed by atoms with E-state index in [1.54, 1.807) is 18.4 Å². The molecule has 0 aliphatic heterocycles. The quantitative estimate of drug-likeness (QED) is 0.420. The lowest BCUT2D eigenvalue weighted by Crippen LogP contribution is -2.39. The van der Waals surface area contributed by atoms with Crippen LogP contribution in [0.4, 0.5) is 0 Å². The first-order valence-electron chi connectivity index (χ1n) is 5.44. The molecule has 9 heteroatoms. The number of hydrogen-bond donors (Lipinski definition) is 2. The molecule has 6 nitrogen and oxygen atoms in total. The third-order valence-corrected chi connectivity index (χ3v) is 3.92. The van der Waals surface area contributed by atoms with Crippen molar-refractivity contribution < 1.29 is 8.42 Å². The summed E-state index contributed by atoms with van der Waals surface area (Å²) in [6.45, 7) is 2.92. The molecule has 0 aliphatic carbocycles. The van der Waals surface area contributed by atoms with Gasteiger partial charge in [0.1, 0.15) is 14.8 Å². The van der Waals surface area contributed by atoms with E-state index in [4.69, 9.17) is 0 Å². The van der Waals surface area contributed by atoms with Crippen LogP contribution in [0, 0.1) is 6.92 Å². The Morgan fingerprint density at radius 2 is 2.16 bits per heavy atom. The molecule has 0 bridgehead atoms. The summed E-state index contributed by atoms with van der Waals surface area (Å²) in [4.78, 5) is 9.38. The lowest BCUT2D eigenvalue weighted by atomic mass is 10.6. The minimum Gasteiger partial charge on any atom is -0.355 e. The highest BCUT2D eigenvalue weighted by Gasteiger charge is 2.04. The molecule has 1 aromatic rings. The van der Waals surface area contributed by atoms with Gasteiger partial charge in [0.15, 0.2) is 5.96 Å². The topological polar surface area (TPSA) is 83.5 Å². The van der Waals surface area contributed by atoms with Crippen LogP contribution in [0.3, 0.4) is 0 Å². The molecule has 0 spiro atoms. The SMILES string of the molecule is CN=C(NCCS(C)(=O)=O)NCc1ncc(C)s1.I. The molecule has 0 unspecified atom stereocenters. The summed E-state index contributed by atoms with van der Waals surface area (Å²) in [5.74, 6) is 0.663. The van der Waals surface area contributed by atoms with Crippen LogP contribution in [0.2, 0.25) is 0 Å². The Morgan fingerprint density at radius 1 is 1.47 bits per heavy atom. The highest BCUT2D eigenvalue weighted by molar-refractivity contribution is 14.0. The van der Waals surface area contributed by atoms with Crippen LogP contribution in [0.25, 0.3) is 0 Å². The second kappa shape index (κ2) is 8.69. The molecule has 1 rings (SSSR count). The smallest absolute Gasteiger partial charge is 0.191 e. The summed E-state index contributed by atoms with van der Waals surface area (Å²) in [5, 5.41) is 6.99. The number of nitrogens with zero attached hydrogens (tertiary/aromatic N) is 2. The highest BCUT2D eigenvalue weighted by atomic mass is 127. The largest absolute Gasteiger partial charge is 0.355 e. The Kier molecular flexibility index (Phi) is 8.50. The van der Waals surface area contributed by atoms with Crippen LogP contribution in [0.5, 0.6) is 0 Å². The normalized spacial score (nSPS) is 11.8. The van der Waals surface area contributed by atoms with E-state index in [9.17, 15) is 8.42 Å². The molecular weight excluding hydrogens is 399 g/mol. The predicted octanol–water partition coefficient (Wildman–Crippen LogP) is 0.779. The molecule has 110 valence electrons. The lowest BCUT2D eigenvalue weighted by Gasteiger charge is -2.10. The van der Waals surface area contributed by atoms with Gasteiger partial charge < -0.3 is 10.6 Å². The van der Waals surface area contributed by atoms with Crippen molar-refractivity contribution in [3.05, 3.63) is 16.1 Å². The molecule has 0 atom stereocenters. The number of halogens is 1. The van der Waals surface area contributed by atoms with E-state index in [-0.39, 0.29) is 29.7 Å². The van der Waals surface area contributed by atoms with Gasteiger partial charge in [-0.3, -0.25) is 4.99 Å². The van der Waals surface area contributed by atoms with Crippen molar-refractivity contribution in [1.82, 2.24) is 15.6 Å². The number of hydrogen-bond acceptors (Lipinski definition) is 5. The molecule has 0 radical (unpaired) electrons. The Labute approximate surface area is 135 Å². The first-order chi connectivity index (χ1) is 8.40. The molecule has 1 heterocycles. The van der Waals surface area contributed by atoms with Gasteiger partial charge in [0.2, 0.25) is 0 Å². The van der Waals surface area contributed by atoms with Crippen molar-refractivity contribution >= 4 is 51.1 Å². The van der Waals surface area contributed by atoms with E-state index in [2.05, 4.69) is 20.6 Å². The molecule has 19 heavy (non-hydrogen) atoms. The molecule has 0 aromatic carbocycles. The molecule has 0 fully saturated rings. The second-order valence-corrected chi connectivity index (χ2v) is 7.43. The summed E-state index contributed by atoms with van der Waals surface area (Å²) in [6.07, 6.45) is 3.03. The fraction of sp³-hybridized carbons (Fsp3) is 0.600. The van der Waals surface area contributed by atoms with Crippen LogP contribution in [-0.2, 0) is 16.4 Å². The van der Waals surface area contributed by atoms with Crippen molar-refractivity contribution in [3.63, 3.8) is 0 Å². The maximum absolute atomic E-state index is 11.0. The Bertz CT molecular complexity index is 513. The van der Waals surface area contributed by atoms with Crippen LogP contribution in [0.1, 0.15) is 9.88 Å². The van der Waals surface area contributed by atoms with Gasteiger partial charge in [0.25, 0.3) is 0 Å². The summed E-state index contributed by atoms with van der Waals surface area (Å²) >= 11 is 1.62. The molecular formula is C10H19IN4O2S2. The zero-order valence-corrected chi connectivity index (χ0v) is 15.1. The van der Waals surface area contributed by atoms with E-state index in [1.165, 1.54) is 6.26 Å². The average Bonchev–Trinajstić information content (AvgIpc) is 2.67. The van der Waals surface area contributed by atoms with Gasteiger partial charge in [-0.15, -0.1) is 35.3 Å². The maximum atomic E-state index is 11.0. The van der Waals surface area contributed by atoms with Crippen LogP contribution in [-0.4, -0.2) is 45.0 Å². The van der Waals surface area contributed by atoms with Gasteiger partial charge in [0, 0.05) is 30.9 Å². The summed E-state index contributed by atoms with van der Waals surface area (Å²) in [6, 6.07) is 0. The molecule has 1 aromatic heterocycles. The number of aliphatic imine (C=N–C) groups is 1. The first-order valence-corrected chi connectivity index (χ1v) is 8.32. The third-order valence-electron chi connectivity index (χ3n) is 2.07. The van der Waals surface area contributed by atoms with E-state index in [0.29, 0.717) is 19.0 Å². The summed E-state index contributed by atoms with van der Waals surface area (Å²) in [7, 11) is -1.31. The number of aromatic nitrogens is 1. The van der Waals surface area contributed by atoms with Gasteiger partial charge >= 0.3 is 0 Å². The van der Waals surface area contributed by atoms with Crippen LogP contribution < -0.4 is 10.6 Å². The summed E-state index contributed by atoms with van der Waals surface area (Å²) in [5.41, 5.74) is 0. The Morgan fingerprint density at radius 3 is 2.63 bits per heavy atom. The Hall–Kier alpha value is -0.420. The van der Waals surface area contributed by atoms with Crippen molar-refractivity contribution in [2.75, 3.05) is 25.6 Å². The predicted molar refractivity (Wildman–Crippen MR) is 90.2 cm³/mol. The van der Waals surface area contributed by atoms with Gasteiger partial charge in [-0.25, -0.2) is 13.4 Å². The van der Waals surface area contributed by atoms with Gasteiger partial charge in [-0.1, -0.05) is 0 Å². The number of rotatable bonds is 5. The minimum atomic E-state index is -2.95. The van der Waals surface area contributed by atoms with Crippen molar-refractivity contribution in [2.45, 2.75) is 13.5 Å². The number of guanidine groups is 1. The highest BCUT2D eigenvalue weighted by Crippen LogP contribution is 2.10. The fourth-order valence-electron chi connectivity index (χ4n) is 1.22. The molecule has 0 aliphatic rings. The zero-order chi connectivity index (χ0) is 13.6. The standard InChI is InChI=1S/C10H18N4O2S2.HI/c1-8-6-13-9(17-8)7-14-10(11-2)12-4-5-18(3,15)16;/h6H,4-5,7H2,1-3H3,(H2,11,12,14);1H. The second-order valence-electron chi connectivity index (χ2n) is 3.85. The van der Waals surface area contributed by atoms with Crippen molar-refractivity contribution in [2.24, 2.45) is 4.99 Å². The van der Waals surface area contributed by atoms with Crippen LogP contribution in [0.15, 0.2) is 11.2 Å². The Balaban J connectivity index is 0.00000324. The van der Waals surface area contributed by atoms with Gasteiger partial charge in [0.05, 0.1) is 12.3 Å². The number of nitrogens with one attached hydrogen (secondary N) is 2. The van der Waals surface area contributed by atoms with Crippen molar-refractivity contribution in [3.8, 4) is 0 Å². The molecule has 0 saturated carbocycles. The first kappa shape index (κ1) is 18.6. The third kappa shape index (κ3) is 8.37. The summed E-state index contributed by atoms with van der Waals surface area (Å²) < 4.78 is 21.9. The average molecular weight is 418 g/mol. The molecule has 0 saturated heterocycles. The number of aryl methyl sites for hydroxylation is 1. The van der Waals surface area contributed by atoms with Gasteiger partial charge in [-0.2, -0.15) is 0 Å². The maximum Gasteiger partial charge on any atom is 0.191 e. The van der Waals surface area contributed by atoms with Gasteiger partial charge in [-0.05, 0) is 6.92 Å². The van der Waals surface area contributed by atoms with E-state index < -0.39 is 9.84 Å². The molecule has 0 amide bonds. The van der Waals surface area contributed by atoms with E-state index in [1.807, 2.05) is 13.1 Å². The van der Waals surface area contributed by atoms with Crippen molar-refractivity contribution in [1.29, 1.82) is 0 Å². The monoisotopic (exact) mass is 418 g/mol. The zero-order valence-electron chi connectivity index (χ0n) is 11.1. The van der Waals surface area contributed by atoms with Crippen LogP contribution >= 0.6 is 35.3 Å². The fourth-order valence-corrected chi connectivity index (χ4v) is 2.42. The number of sulfone groups is 1.